The van der Waals surface area contributed by atoms with E-state index >= 15 is 0 Å². The molecule has 2 heterocycles. The second kappa shape index (κ2) is 5.52. The maximum absolute atomic E-state index is 12.1. The average molecular weight is 295 g/mol. The molecule has 0 spiro atoms. The van der Waals surface area contributed by atoms with Gasteiger partial charge in [-0.25, -0.2) is 4.98 Å². The molecule has 0 aromatic carbocycles. The van der Waals surface area contributed by atoms with Crippen LogP contribution in [0.1, 0.15) is 42.6 Å². The number of hydrogen-bond acceptors (Lipinski definition) is 4. The van der Waals surface area contributed by atoms with Crippen molar-refractivity contribution < 1.29 is 9.59 Å². The molecule has 1 fully saturated rings. The molecule has 0 unspecified atom stereocenters. The van der Waals surface area contributed by atoms with Gasteiger partial charge in [-0.15, -0.1) is 11.3 Å². The molecule has 1 atom stereocenters. The van der Waals surface area contributed by atoms with Crippen molar-refractivity contribution in [3.05, 3.63) is 16.1 Å². The quantitative estimate of drug-likeness (QED) is 0.925. The SMILES string of the molecule is Cc1ncsc1C(=O)N[C@@H]1CC(=O)N(CC(C)(C)C)C1. The Morgan fingerprint density at radius 3 is 2.80 bits per heavy atom. The summed E-state index contributed by atoms with van der Waals surface area (Å²) in [5.74, 6) is -0.00772. The molecule has 2 amide bonds. The van der Waals surface area contributed by atoms with Gasteiger partial charge in [-0.05, 0) is 12.3 Å². The smallest absolute Gasteiger partial charge is 0.263 e. The number of rotatable bonds is 3. The first kappa shape index (κ1) is 15.0. The van der Waals surface area contributed by atoms with Crippen LogP contribution >= 0.6 is 11.3 Å². The summed E-state index contributed by atoms with van der Waals surface area (Å²) >= 11 is 1.33. The third-order valence-electron chi connectivity index (χ3n) is 3.17. The number of thiazole rings is 1. The number of aromatic nitrogens is 1. The van der Waals surface area contributed by atoms with Gasteiger partial charge in [0.15, 0.2) is 0 Å². The lowest BCUT2D eigenvalue weighted by atomic mass is 9.96. The minimum atomic E-state index is -0.125. The summed E-state index contributed by atoms with van der Waals surface area (Å²) in [7, 11) is 0. The molecule has 0 bridgehead atoms. The molecule has 0 saturated carbocycles. The van der Waals surface area contributed by atoms with E-state index in [4.69, 9.17) is 0 Å². The van der Waals surface area contributed by atoms with Crippen molar-refractivity contribution in [2.75, 3.05) is 13.1 Å². The third kappa shape index (κ3) is 3.56. The molecule has 0 aliphatic carbocycles. The number of nitrogens with zero attached hydrogens (tertiary/aromatic N) is 2. The van der Waals surface area contributed by atoms with Crippen LogP contribution in [0, 0.1) is 12.3 Å². The van der Waals surface area contributed by atoms with E-state index in [1.54, 1.807) is 5.51 Å². The summed E-state index contributed by atoms with van der Waals surface area (Å²) in [6.45, 7) is 9.45. The summed E-state index contributed by atoms with van der Waals surface area (Å²) in [5, 5.41) is 2.94. The van der Waals surface area contributed by atoms with Gasteiger partial charge in [-0.1, -0.05) is 20.8 Å². The van der Waals surface area contributed by atoms with E-state index in [2.05, 4.69) is 31.1 Å². The molecular formula is C14H21N3O2S. The van der Waals surface area contributed by atoms with Crippen LogP contribution in [0.25, 0.3) is 0 Å². The highest BCUT2D eigenvalue weighted by molar-refractivity contribution is 7.11. The molecule has 5 nitrogen and oxygen atoms in total. The van der Waals surface area contributed by atoms with Gasteiger partial charge in [0.05, 0.1) is 17.2 Å². The number of carbonyl (C=O) groups excluding carboxylic acids is 2. The monoisotopic (exact) mass is 295 g/mol. The summed E-state index contributed by atoms with van der Waals surface area (Å²) in [6.07, 6.45) is 0.389. The Hall–Kier alpha value is -1.43. The first-order valence-corrected chi connectivity index (χ1v) is 7.63. The van der Waals surface area contributed by atoms with E-state index in [-0.39, 0.29) is 23.3 Å². The molecule has 1 aliphatic rings. The number of nitrogens with one attached hydrogen (secondary N) is 1. The zero-order chi connectivity index (χ0) is 14.9. The van der Waals surface area contributed by atoms with E-state index in [1.165, 1.54) is 11.3 Å². The Balaban J connectivity index is 1.94. The van der Waals surface area contributed by atoms with E-state index in [1.807, 2.05) is 11.8 Å². The minimum absolute atomic E-state index is 0.0722. The van der Waals surface area contributed by atoms with Crippen LogP contribution in [-0.2, 0) is 4.79 Å². The number of aryl methyl sites for hydroxylation is 1. The summed E-state index contributed by atoms with van der Waals surface area (Å²) < 4.78 is 0. The number of likely N-dealkylation sites (tertiary alicyclic amines) is 1. The maximum atomic E-state index is 12.1. The topological polar surface area (TPSA) is 62.3 Å². The second-order valence-electron chi connectivity index (χ2n) is 6.48. The molecule has 1 saturated heterocycles. The van der Waals surface area contributed by atoms with Crippen molar-refractivity contribution in [1.82, 2.24) is 15.2 Å². The van der Waals surface area contributed by atoms with Gasteiger partial charge in [0.25, 0.3) is 5.91 Å². The summed E-state index contributed by atoms with van der Waals surface area (Å²) in [4.78, 5) is 30.6. The summed E-state index contributed by atoms with van der Waals surface area (Å²) in [6, 6.07) is -0.0983. The van der Waals surface area contributed by atoms with Gasteiger partial charge < -0.3 is 10.2 Å². The third-order valence-corrected chi connectivity index (χ3v) is 4.09. The second-order valence-corrected chi connectivity index (χ2v) is 7.33. The van der Waals surface area contributed by atoms with Crippen molar-refractivity contribution >= 4 is 23.2 Å². The van der Waals surface area contributed by atoms with Gasteiger partial charge in [-0.3, -0.25) is 9.59 Å². The standard InChI is InChI=1S/C14H21N3O2S/c1-9-12(20-8-15-9)13(19)16-10-5-11(18)17(6-10)7-14(2,3)4/h8,10H,5-7H2,1-4H3,(H,16,19)/t10-/m1/s1. The van der Waals surface area contributed by atoms with Crippen LogP contribution in [0.5, 0.6) is 0 Å². The van der Waals surface area contributed by atoms with Crippen LogP contribution in [-0.4, -0.2) is 40.8 Å². The predicted molar refractivity (Wildman–Crippen MR) is 78.8 cm³/mol. The first-order valence-electron chi connectivity index (χ1n) is 6.75. The Morgan fingerprint density at radius 1 is 1.55 bits per heavy atom. The summed E-state index contributed by atoms with van der Waals surface area (Å²) in [5.41, 5.74) is 2.47. The van der Waals surface area contributed by atoms with Crippen molar-refractivity contribution in [1.29, 1.82) is 0 Å². The van der Waals surface area contributed by atoms with E-state index in [0.29, 0.717) is 17.8 Å². The zero-order valence-electron chi connectivity index (χ0n) is 12.4. The first-order chi connectivity index (χ1) is 9.26. The highest BCUT2D eigenvalue weighted by Gasteiger charge is 2.33. The van der Waals surface area contributed by atoms with Crippen LogP contribution in [0.4, 0.5) is 0 Å². The fraction of sp³-hybridized carbons (Fsp3) is 0.643. The number of hydrogen-bond donors (Lipinski definition) is 1. The van der Waals surface area contributed by atoms with Gasteiger partial charge in [-0.2, -0.15) is 0 Å². The van der Waals surface area contributed by atoms with Gasteiger partial charge in [0, 0.05) is 19.5 Å². The van der Waals surface area contributed by atoms with Crippen molar-refractivity contribution in [2.24, 2.45) is 5.41 Å². The Kier molecular flexibility index (Phi) is 4.13. The highest BCUT2D eigenvalue weighted by Crippen LogP contribution is 2.21. The molecule has 110 valence electrons. The molecule has 1 aliphatic heterocycles. The molecule has 2 rings (SSSR count). The van der Waals surface area contributed by atoms with Gasteiger partial charge in [0.1, 0.15) is 4.88 Å². The largest absolute Gasteiger partial charge is 0.346 e. The molecule has 0 radical (unpaired) electrons. The van der Waals surface area contributed by atoms with Crippen LogP contribution in [0.3, 0.4) is 0 Å². The molecule has 6 heteroatoms. The van der Waals surface area contributed by atoms with E-state index in [9.17, 15) is 9.59 Å². The minimum Gasteiger partial charge on any atom is -0.346 e. The maximum Gasteiger partial charge on any atom is 0.263 e. The normalized spacial score (nSPS) is 19.5. The average Bonchev–Trinajstić information content (AvgIpc) is 2.84. The number of carbonyl (C=O) groups is 2. The van der Waals surface area contributed by atoms with Crippen LogP contribution in [0.2, 0.25) is 0 Å². The van der Waals surface area contributed by atoms with Crippen molar-refractivity contribution in [3.63, 3.8) is 0 Å². The van der Waals surface area contributed by atoms with E-state index < -0.39 is 0 Å². The van der Waals surface area contributed by atoms with Crippen molar-refractivity contribution in [3.8, 4) is 0 Å². The fourth-order valence-electron chi connectivity index (χ4n) is 2.37. The number of amides is 2. The zero-order valence-corrected chi connectivity index (χ0v) is 13.2. The van der Waals surface area contributed by atoms with Gasteiger partial charge >= 0.3 is 0 Å². The van der Waals surface area contributed by atoms with Crippen molar-refractivity contribution in [2.45, 2.75) is 40.2 Å². The van der Waals surface area contributed by atoms with Crippen LogP contribution in [0.15, 0.2) is 5.51 Å². The molecule has 1 aromatic heterocycles. The lowest BCUT2D eigenvalue weighted by Gasteiger charge is -2.26. The fourth-order valence-corrected chi connectivity index (χ4v) is 3.07. The van der Waals surface area contributed by atoms with Crippen LogP contribution < -0.4 is 5.32 Å². The Labute approximate surface area is 123 Å². The highest BCUT2D eigenvalue weighted by atomic mass is 32.1. The Morgan fingerprint density at radius 2 is 2.25 bits per heavy atom. The lowest BCUT2D eigenvalue weighted by molar-refractivity contribution is -0.128. The molecule has 1 N–H and O–H groups in total. The molecule has 20 heavy (non-hydrogen) atoms. The predicted octanol–water partition coefficient (Wildman–Crippen LogP) is 1.83. The lowest BCUT2D eigenvalue weighted by Crippen LogP contribution is -2.39. The van der Waals surface area contributed by atoms with E-state index in [0.717, 1.165) is 12.2 Å². The Bertz CT molecular complexity index is 519. The molecule has 1 aromatic rings. The molecular weight excluding hydrogens is 274 g/mol. The van der Waals surface area contributed by atoms with Gasteiger partial charge in [0.2, 0.25) is 5.91 Å².